The summed E-state index contributed by atoms with van der Waals surface area (Å²) in [6, 6.07) is -0.722. The third-order valence-electron chi connectivity index (χ3n) is 3.46. The highest BCUT2D eigenvalue weighted by atomic mass is 16.3. The Morgan fingerprint density at radius 3 is 2.68 bits per heavy atom. The number of hydrogen-bond acceptors (Lipinski definition) is 6. The first kappa shape index (κ1) is 13.7. The summed E-state index contributed by atoms with van der Waals surface area (Å²) in [5.41, 5.74) is 3.89. The number of carbonyl (C=O) groups is 1. The van der Waals surface area contributed by atoms with Gasteiger partial charge in [-0.15, -0.1) is 0 Å². The molecule has 1 aromatic heterocycles. The van der Waals surface area contributed by atoms with E-state index in [1.54, 1.807) is 0 Å². The van der Waals surface area contributed by atoms with E-state index in [2.05, 4.69) is 4.98 Å². The third-order valence-corrected chi connectivity index (χ3v) is 3.46. The van der Waals surface area contributed by atoms with Crippen LogP contribution in [0.4, 0.5) is 0 Å². The molecule has 1 amide bonds. The standard InChI is InChI=1S/C11H15N3O5/c12-10(18)7-11(19)14(2-1-13-7)6-3-5(4-15)8(16)9(6)17/h1-2,5-6,8-9,15-17H,3-4H2,(H2,12,18)/t5-,6-,8-,9+/m1/s1. The summed E-state index contributed by atoms with van der Waals surface area (Å²) < 4.78 is 1.12. The van der Waals surface area contributed by atoms with Gasteiger partial charge in [0.15, 0.2) is 5.69 Å². The average molecular weight is 269 g/mol. The minimum atomic E-state index is -1.20. The second-order valence-corrected chi connectivity index (χ2v) is 4.58. The molecule has 2 rings (SSSR count). The zero-order chi connectivity index (χ0) is 14.2. The third kappa shape index (κ3) is 2.25. The fourth-order valence-corrected chi connectivity index (χ4v) is 2.41. The van der Waals surface area contributed by atoms with Gasteiger partial charge in [0.05, 0.1) is 12.1 Å². The van der Waals surface area contributed by atoms with E-state index in [1.807, 2.05) is 0 Å². The zero-order valence-corrected chi connectivity index (χ0v) is 10.0. The molecule has 1 fully saturated rings. The molecule has 0 unspecified atom stereocenters. The molecule has 5 N–H and O–H groups in total. The van der Waals surface area contributed by atoms with Crippen molar-refractivity contribution in [3.63, 3.8) is 0 Å². The van der Waals surface area contributed by atoms with Crippen LogP contribution >= 0.6 is 0 Å². The summed E-state index contributed by atoms with van der Waals surface area (Å²) in [5.74, 6) is -1.47. The number of aromatic nitrogens is 2. The van der Waals surface area contributed by atoms with E-state index in [-0.39, 0.29) is 13.0 Å². The minimum Gasteiger partial charge on any atom is -0.396 e. The minimum absolute atomic E-state index is 0.223. The lowest BCUT2D eigenvalue weighted by Gasteiger charge is -2.19. The maximum absolute atomic E-state index is 12.0. The number of nitrogens with zero attached hydrogens (tertiary/aromatic N) is 2. The molecule has 4 atom stereocenters. The highest BCUT2D eigenvalue weighted by Gasteiger charge is 2.42. The summed E-state index contributed by atoms with van der Waals surface area (Å²) >= 11 is 0. The van der Waals surface area contributed by atoms with E-state index < -0.39 is 41.3 Å². The van der Waals surface area contributed by atoms with Crippen molar-refractivity contribution < 1.29 is 20.1 Å². The summed E-state index contributed by atoms with van der Waals surface area (Å²) in [6.07, 6.45) is 0.452. The molecular weight excluding hydrogens is 254 g/mol. The van der Waals surface area contributed by atoms with Crippen molar-refractivity contribution in [3.05, 3.63) is 28.4 Å². The van der Waals surface area contributed by atoms with E-state index in [9.17, 15) is 19.8 Å². The van der Waals surface area contributed by atoms with Crippen LogP contribution in [0.5, 0.6) is 0 Å². The van der Waals surface area contributed by atoms with Gasteiger partial charge in [-0.2, -0.15) is 0 Å². The lowest BCUT2D eigenvalue weighted by atomic mass is 10.1. The molecule has 1 heterocycles. The Hall–Kier alpha value is -1.77. The van der Waals surface area contributed by atoms with Crippen molar-refractivity contribution in [3.8, 4) is 0 Å². The molecule has 1 saturated carbocycles. The quantitative estimate of drug-likeness (QED) is 0.483. The van der Waals surface area contributed by atoms with Crippen LogP contribution in [0.15, 0.2) is 17.2 Å². The van der Waals surface area contributed by atoms with Crippen LogP contribution < -0.4 is 11.3 Å². The average Bonchev–Trinajstić information content (AvgIpc) is 2.66. The Morgan fingerprint density at radius 1 is 1.47 bits per heavy atom. The van der Waals surface area contributed by atoms with Crippen LogP contribution in [-0.4, -0.2) is 49.6 Å². The summed E-state index contributed by atoms with van der Waals surface area (Å²) in [4.78, 5) is 26.6. The van der Waals surface area contributed by atoms with Crippen molar-refractivity contribution in [2.24, 2.45) is 11.7 Å². The number of nitrogens with two attached hydrogens (primary N) is 1. The second kappa shape index (κ2) is 5.08. The number of primary amides is 1. The topological polar surface area (TPSA) is 139 Å². The normalized spacial score (nSPS) is 30.5. The monoisotopic (exact) mass is 269 g/mol. The lowest BCUT2D eigenvalue weighted by Crippen LogP contribution is -2.37. The van der Waals surface area contributed by atoms with E-state index in [0.29, 0.717) is 0 Å². The molecule has 0 saturated heterocycles. The van der Waals surface area contributed by atoms with E-state index >= 15 is 0 Å². The number of hydrogen-bond donors (Lipinski definition) is 4. The molecule has 19 heavy (non-hydrogen) atoms. The van der Waals surface area contributed by atoms with Crippen LogP contribution in [0.1, 0.15) is 23.0 Å². The van der Waals surface area contributed by atoms with E-state index in [1.165, 1.54) is 12.4 Å². The Labute approximate surface area is 108 Å². The number of rotatable bonds is 3. The van der Waals surface area contributed by atoms with Gasteiger partial charge in [0, 0.05) is 24.9 Å². The molecule has 0 aromatic carbocycles. The Kier molecular flexibility index (Phi) is 3.65. The van der Waals surface area contributed by atoms with Gasteiger partial charge in [0.2, 0.25) is 0 Å². The number of amides is 1. The lowest BCUT2D eigenvalue weighted by molar-refractivity contribution is -0.00446. The molecule has 0 bridgehead atoms. The molecular formula is C11H15N3O5. The van der Waals surface area contributed by atoms with Gasteiger partial charge in [-0.1, -0.05) is 0 Å². The van der Waals surface area contributed by atoms with Crippen molar-refractivity contribution in [1.29, 1.82) is 0 Å². The van der Waals surface area contributed by atoms with Crippen LogP contribution in [0, 0.1) is 5.92 Å². The predicted octanol–water partition coefficient (Wildman–Crippen LogP) is -2.38. The fourth-order valence-electron chi connectivity index (χ4n) is 2.41. The van der Waals surface area contributed by atoms with Crippen LogP contribution in [0.3, 0.4) is 0 Å². The van der Waals surface area contributed by atoms with Gasteiger partial charge in [-0.3, -0.25) is 9.59 Å². The van der Waals surface area contributed by atoms with E-state index in [4.69, 9.17) is 10.8 Å². The van der Waals surface area contributed by atoms with Crippen molar-refractivity contribution in [2.45, 2.75) is 24.7 Å². The number of carbonyl (C=O) groups excluding carboxylic acids is 1. The highest BCUT2D eigenvalue weighted by Crippen LogP contribution is 2.34. The second-order valence-electron chi connectivity index (χ2n) is 4.58. The fraction of sp³-hybridized carbons (Fsp3) is 0.545. The van der Waals surface area contributed by atoms with Gasteiger partial charge in [0.25, 0.3) is 11.5 Å². The maximum atomic E-state index is 12.0. The smallest absolute Gasteiger partial charge is 0.282 e. The molecule has 0 radical (unpaired) electrons. The molecule has 1 aliphatic carbocycles. The Balaban J connectivity index is 2.41. The summed E-state index contributed by atoms with van der Waals surface area (Å²) in [7, 11) is 0. The molecule has 8 nitrogen and oxygen atoms in total. The summed E-state index contributed by atoms with van der Waals surface area (Å²) in [5, 5.41) is 28.7. The van der Waals surface area contributed by atoms with Crippen molar-refractivity contribution >= 4 is 5.91 Å². The maximum Gasteiger partial charge on any atom is 0.282 e. The van der Waals surface area contributed by atoms with Crippen LogP contribution in [-0.2, 0) is 0 Å². The predicted molar refractivity (Wildman–Crippen MR) is 63.3 cm³/mol. The van der Waals surface area contributed by atoms with Crippen molar-refractivity contribution in [1.82, 2.24) is 9.55 Å². The first-order valence-electron chi connectivity index (χ1n) is 5.81. The van der Waals surface area contributed by atoms with Crippen LogP contribution in [0.25, 0.3) is 0 Å². The molecule has 0 aliphatic heterocycles. The molecule has 104 valence electrons. The van der Waals surface area contributed by atoms with E-state index in [0.717, 1.165) is 4.57 Å². The molecule has 8 heteroatoms. The molecule has 1 aliphatic rings. The van der Waals surface area contributed by atoms with Gasteiger partial charge < -0.3 is 25.6 Å². The van der Waals surface area contributed by atoms with Gasteiger partial charge in [0.1, 0.15) is 6.10 Å². The van der Waals surface area contributed by atoms with Gasteiger partial charge >= 0.3 is 0 Å². The SMILES string of the molecule is NC(=O)c1nccn([C@@H]2C[C@H](CO)[C@@H](O)[C@H]2O)c1=O. The first-order valence-corrected chi connectivity index (χ1v) is 5.81. The summed E-state index contributed by atoms with van der Waals surface area (Å²) in [6.45, 7) is -0.294. The number of aliphatic hydroxyl groups excluding tert-OH is 3. The van der Waals surface area contributed by atoms with Gasteiger partial charge in [-0.05, 0) is 6.42 Å². The number of aliphatic hydroxyl groups is 3. The Bertz CT molecular complexity index is 543. The Morgan fingerprint density at radius 2 is 2.16 bits per heavy atom. The largest absolute Gasteiger partial charge is 0.396 e. The van der Waals surface area contributed by atoms with Crippen molar-refractivity contribution in [2.75, 3.05) is 6.61 Å². The molecule has 0 spiro atoms. The van der Waals surface area contributed by atoms with Crippen LogP contribution in [0.2, 0.25) is 0 Å². The zero-order valence-electron chi connectivity index (χ0n) is 10.0. The molecule has 1 aromatic rings. The highest BCUT2D eigenvalue weighted by molar-refractivity contribution is 5.90. The first-order chi connectivity index (χ1) is 8.97. The van der Waals surface area contributed by atoms with Gasteiger partial charge in [-0.25, -0.2) is 4.98 Å².